The minimum absolute atomic E-state index is 0.187. The average Bonchev–Trinajstić information content (AvgIpc) is 3.60. The number of fused-ring (bicyclic) bond motifs is 8. The normalized spacial score (nSPS) is 13.2. The Kier molecular flexibility index (Phi) is 5.57. The van der Waals surface area contributed by atoms with Gasteiger partial charge in [0.05, 0.1) is 28.4 Å². The molecule has 9 rings (SSSR count). The molecule has 1 aliphatic rings. The van der Waals surface area contributed by atoms with Gasteiger partial charge in [-0.25, -0.2) is 9.97 Å². The molecule has 0 radical (unpaired) electrons. The van der Waals surface area contributed by atoms with Gasteiger partial charge in [-0.15, -0.1) is 0 Å². The van der Waals surface area contributed by atoms with Crippen molar-refractivity contribution in [1.29, 1.82) is 5.26 Å². The summed E-state index contributed by atoms with van der Waals surface area (Å²) in [5, 5.41) is 10.6. The molecule has 0 saturated carbocycles. The highest BCUT2D eigenvalue weighted by Crippen LogP contribution is 2.50. The summed E-state index contributed by atoms with van der Waals surface area (Å²) in [7, 11) is 0. The number of pyridine rings is 2. The van der Waals surface area contributed by atoms with E-state index in [4.69, 9.17) is 9.97 Å². The van der Waals surface area contributed by atoms with E-state index in [0.29, 0.717) is 5.56 Å². The molecular weight excluding hydrogens is 560 g/mol. The molecule has 5 aromatic carbocycles. The molecule has 0 spiro atoms. The van der Waals surface area contributed by atoms with E-state index < -0.39 is 0 Å². The molecule has 4 heteroatoms. The average molecular weight is 589 g/mol. The van der Waals surface area contributed by atoms with Crippen molar-refractivity contribution < 1.29 is 0 Å². The van der Waals surface area contributed by atoms with Crippen molar-refractivity contribution in [1.82, 2.24) is 14.4 Å². The van der Waals surface area contributed by atoms with Crippen molar-refractivity contribution in [2.75, 3.05) is 0 Å². The molecular formula is C42H28N4. The van der Waals surface area contributed by atoms with Crippen molar-refractivity contribution in [2.24, 2.45) is 0 Å². The second kappa shape index (κ2) is 9.72. The van der Waals surface area contributed by atoms with Crippen LogP contribution in [0, 0.1) is 11.3 Å². The summed E-state index contributed by atoms with van der Waals surface area (Å²) in [4.78, 5) is 10.2. The van der Waals surface area contributed by atoms with Crippen LogP contribution >= 0.6 is 0 Å². The van der Waals surface area contributed by atoms with E-state index in [9.17, 15) is 5.26 Å². The summed E-state index contributed by atoms with van der Waals surface area (Å²) in [6.07, 6.45) is 2.20. The molecule has 0 saturated heterocycles. The summed E-state index contributed by atoms with van der Waals surface area (Å²) >= 11 is 0. The van der Waals surface area contributed by atoms with E-state index in [1.165, 1.54) is 27.8 Å². The molecule has 3 heterocycles. The molecule has 4 nitrogen and oxygen atoms in total. The number of hydrogen-bond acceptors (Lipinski definition) is 3. The van der Waals surface area contributed by atoms with Crippen molar-refractivity contribution >= 4 is 27.6 Å². The third-order valence-corrected chi connectivity index (χ3v) is 9.62. The fourth-order valence-corrected chi connectivity index (χ4v) is 7.24. The number of nitriles is 1. The first-order valence-electron chi connectivity index (χ1n) is 15.6. The van der Waals surface area contributed by atoms with Crippen molar-refractivity contribution in [3.63, 3.8) is 0 Å². The summed E-state index contributed by atoms with van der Waals surface area (Å²) < 4.78 is 2.20. The minimum atomic E-state index is -0.187. The number of benzene rings is 5. The lowest BCUT2D eigenvalue weighted by Gasteiger charge is -2.22. The predicted molar refractivity (Wildman–Crippen MR) is 187 cm³/mol. The minimum Gasteiger partial charge on any atom is -0.297 e. The van der Waals surface area contributed by atoms with Crippen molar-refractivity contribution in [3.05, 3.63) is 150 Å². The van der Waals surface area contributed by atoms with E-state index >= 15 is 0 Å². The van der Waals surface area contributed by atoms with E-state index in [-0.39, 0.29) is 5.41 Å². The highest BCUT2D eigenvalue weighted by atomic mass is 15.0. The summed E-state index contributed by atoms with van der Waals surface area (Å²) in [5.41, 5.74) is 15.9. The van der Waals surface area contributed by atoms with Crippen LogP contribution in [0.1, 0.15) is 30.5 Å². The highest BCUT2D eigenvalue weighted by Gasteiger charge is 2.35. The number of imidazole rings is 1. The maximum atomic E-state index is 9.52. The Hall–Kier alpha value is -6.05. The zero-order valence-corrected chi connectivity index (χ0v) is 25.5. The van der Waals surface area contributed by atoms with Gasteiger partial charge in [0.2, 0.25) is 0 Å². The molecule has 0 aliphatic heterocycles. The third kappa shape index (κ3) is 3.85. The molecule has 0 N–H and O–H groups in total. The van der Waals surface area contributed by atoms with Gasteiger partial charge >= 0.3 is 0 Å². The first kappa shape index (κ1) is 26.4. The van der Waals surface area contributed by atoms with Crippen LogP contribution in [0.15, 0.2) is 134 Å². The first-order valence-corrected chi connectivity index (χ1v) is 15.6. The summed E-state index contributed by atoms with van der Waals surface area (Å²) in [6, 6.07) is 46.8. The summed E-state index contributed by atoms with van der Waals surface area (Å²) in [6.45, 7) is 4.51. The summed E-state index contributed by atoms with van der Waals surface area (Å²) in [5.74, 6) is 0. The van der Waals surface area contributed by atoms with E-state index in [2.05, 4.69) is 134 Å². The lowest BCUT2D eigenvalue weighted by Crippen LogP contribution is -2.15. The Morgan fingerprint density at radius 2 is 1.28 bits per heavy atom. The third-order valence-electron chi connectivity index (χ3n) is 9.62. The molecule has 1 aliphatic carbocycles. The smallest absolute Gasteiger partial charge is 0.138 e. The van der Waals surface area contributed by atoms with Crippen LogP contribution in [0.5, 0.6) is 0 Å². The molecule has 0 fully saturated rings. The Bertz CT molecular complexity index is 2570. The van der Waals surface area contributed by atoms with Crippen LogP contribution < -0.4 is 0 Å². The van der Waals surface area contributed by atoms with E-state index in [1.807, 2.05) is 24.3 Å². The molecule has 0 amide bonds. The fraction of sp³-hybridized carbons (Fsp3) is 0.0714. The van der Waals surface area contributed by atoms with Crippen LogP contribution in [-0.2, 0) is 5.41 Å². The van der Waals surface area contributed by atoms with Gasteiger partial charge in [-0.05, 0) is 87.0 Å². The van der Waals surface area contributed by atoms with Gasteiger partial charge in [0.15, 0.2) is 0 Å². The zero-order chi connectivity index (χ0) is 31.0. The molecule has 3 aromatic heterocycles. The highest BCUT2D eigenvalue weighted by molar-refractivity contribution is 6.09. The molecule has 8 aromatic rings. The largest absolute Gasteiger partial charge is 0.297 e. The lowest BCUT2D eigenvalue weighted by molar-refractivity contribution is 0.660. The van der Waals surface area contributed by atoms with Crippen LogP contribution in [0.4, 0.5) is 0 Å². The van der Waals surface area contributed by atoms with Gasteiger partial charge in [0, 0.05) is 22.6 Å². The second-order valence-electron chi connectivity index (χ2n) is 12.6. The molecule has 0 bridgehead atoms. The number of hydrogen-bond donors (Lipinski definition) is 0. The van der Waals surface area contributed by atoms with E-state index in [0.717, 1.165) is 55.5 Å². The van der Waals surface area contributed by atoms with E-state index in [1.54, 1.807) is 0 Å². The molecule has 0 unspecified atom stereocenters. The maximum Gasteiger partial charge on any atom is 0.138 e. The van der Waals surface area contributed by atoms with Gasteiger partial charge < -0.3 is 0 Å². The Morgan fingerprint density at radius 1 is 0.609 bits per heavy atom. The monoisotopic (exact) mass is 588 g/mol. The SMILES string of the molecule is CC1(C)c2cc(C#N)ccc2-c2ccc(-c3cccc(-c4ccc5nc6c7ccccc7nc(-c7ccccc7)c6n5c4)c3)cc21. The number of aromatic nitrogens is 3. The number of nitrogens with zero attached hydrogens (tertiary/aromatic N) is 4. The predicted octanol–water partition coefficient (Wildman–Crippen LogP) is 10.2. The topological polar surface area (TPSA) is 54.0 Å². The Balaban J connectivity index is 1.18. The molecule has 216 valence electrons. The standard InChI is InChI=1S/C42H28N4/c1-42(2)35-21-26(24-43)15-18-32(35)33-19-16-30(23-36(33)42)28-11-8-12-29(22-28)31-17-20-38-45-40-34-13-6-7-14-37(34)44-39(41(40)46(38)25-31)27-9-4-3-5-10-27/h3-23,25H,1-2H3. The number of rotatable bonds is 3. The maximum absolute atomic E-state index is 9.52. The van der Waals surface area contributed by atoms with Crippen LogP contribution in [0.2, 0.25) is 0 Å². The van der Waals surface area contributed by atoms with Crippen LogP contribution in [-0.4, -0.2) is 14.4 Å². The van der Waals surface area contributed by atoms with Crippen molar-refractivity contribution in [2.45, 2.75) is 19.3 Å². The Morgan fingerprint density at radius 3 is 2.11 bits per heavy atom. The van der Waals surface area contributed by atoms with Gasteiger partial charge in [0.25, 0.3) is 0 Å². The van der Waals surface area contributed by atoms with Gasteiger partial charge in [-0.3, -0.25) is 4.40 Å². The fourth-order valence-electron chi connectivity index (χ4n) is 7.24. The van der Waals surface area contributed by atoms with Gasteiger partial charge in [-0.2, -0.15) is 5.26 Å². The number of para-hydroxylation sites is 1. The molecule has 0 atom stereocenters. The van der Waals surface area contributed by atoms with Gasteiger partial charge in [-0.1, -0.05) is 98.8 Å². The van der Waals surface area contributed by atoms with Crippen LogP contribution in [0.25, 0.3) is 72.2 Å². The zero-order valence-electron chi connectivity index (χ0n) is 25.5. The van der Waals surface area contributed by atoms with Crippen molar-refractivity contribution in [3.8, 4) is 50.7 Å². The molecule has 46 heavy (non-hydrogen) atoms. The Labute approximate surface area is 266 Å². The quantitative estimate of drug-likeness (QED) is 0.206. The second-order valence-corrected chi connectivity index (χ2v) is 12.6. The van der Waals surface area contributed by atoms with Crippen LogP contribution in [0.3, 0.4) is 0 Å². The van der Waals surface area contributed by atoms with Gasteiger partial charge in [0.1, 0.15) is 11.2 Å². The first-order chi connectivity index (χ1) is 22.5. The lowest BCUT2D eigenvalue weighted by atomic mass is 9.81.